The molecule has 4 N–H and O–H groups in total. The topological polar surface area (TPSA) is 145 Å². The van der Waals surface area contributed by atoms with E-state index >= 15 is 0 Å². The van der Waals surface area contributed by atoms with E-state index < -0.39 is 11.7 Å². The van der Waals surface area contributed by atoms with Gasteiger partial charge < -0.3 is 15.8 Å². The van der Waals surface area contributed by atoms with Crippen LogP contribution in [0.15, 0.2) is 47.5 Å². The minimum atomic E-state index is -1.04. The SMILES string of the molecule is Nc1nc(-n2cccn2)nc2c1[nH]c(=O)n2Cc1cccc(C(=O)O)c1. The summed E-state index contributed by atoms with van der Waals surface area (Å²) >= 11 is 0. The fourth-order valence-electron chi connectivity index (χ4n) is 2.66. The van der Waals surface area contributed by atoms with Crippen LogP contribution in [0.1, 0.15) is 15.9 Å². The first-order chi connectivity index (χ1) is 12.5. The molecule has 3 heterocycles. The maximum absolute atomic E-state index is 12.4. The lowest BCUT2D eigenvalue weighted by Gasteiger charge is -2.06. The number of nitrogens with one attached hydrogen (secondary N) is 1. The fourth-order valence-corrected chi connectivity index (χ4v) is 2.66. The monoisotopic (exact) mass is 351 g/mol. The number of aromatic nitrogens is 6. The minimum absolute atomic E-state index is 0.121. The van der Waals surface area contributed by atoms with Crippen LogP contribution >= 0.6 is 0 Å². The molecular weight excluding hydrogens is 338 g/mol. The molecule has 4 aromatic rings. The third kappa shape index (κ3) is 2.59. The van der Waals surface area contributed by atoms with E-state index in [9.17, 15) is 9.59 Å². The van der Waals surface area contributed by atoms with Crippen molar-refractivity contribution in [2.45, 2.75) is 6.54 Å². The van der Waals surface area contributed by atoms with Gasteiger partial charge in [0.2, 0.25) is 0 Å². The largest absolute Gasteiger partial charge is 0.478 e. The summed E-state index contributed by atoms with van der Waals surface area (Å²) in [6.45, 7) is 0.134. The fraction of sp³-hybridized carbons (Fsp3) is 0.0625. The molecule has 0 spiro atoms. The van der Waals surface area contributed by atoms with Gasteiger partial charge in [0.15, 0.2) is 11.5 Å². The van der Waals surface area contributed by atoms with Gasteiger partial charge in [0.1, 0.15) is 5.52 Å². The molecule has 0 saturated carbocycles. The second-order valence-electron chi connectivity index (χ2n) is 5.58. The van der Waals surface area contributed by atoms with E-state index in [2.05, 4.69) is 20.1 Å². The molecule has 10 nitrogen and oxygen atoms in total. The average Bonchev–Trinajstić information content (AvgIpc) is 3.25. The van der Waals surface area contributed by atoms with Gasteiger partial charge in [-0.25, -0.2) is 14.3 Å². The van der Waals surface area contributed by atoms with E-state index in [-0.39, 0.29) is 23.9 Å². The summed E-state index contributed by atoms with van der Waals surface area (Å²) in [5.41, 5.74) is 6.95. The van der Waals surface area contributed by atoms with E-state index in [0.29, 0.717) is 16.7 Å². The summed E-state index contributed by atoms with van der Waals surface area (Å²) in [6.07, 6.45) is 3.23. The quantitative estimate of drug-likeness (QED) is 0.489. The highest BCUT2D eigenvalue weighted by Crippen LogP contribution is 2.17. The molecule has 1 aromatic carbocycles. The van der Waals surface area contributed by atoms with E-state index in [1.807, 2.05) is 0 Å². The van der Waals surface area contributed by atoms with Crippen molar-refractivity contribution in [1.29, 1.82) is 0 Å². The van der Waals surface area contributed by atoms with E-state index in [4.69, 9.17) is 10.8 Å². The Morgan fingerprint density at radius 1 is 1.27 bits per heavy atom. The second kappa shape index (κ2) is 5.84. The van der Waals surface area contributed by atoms with E-state index in [1.165, 1.54) is 21.4 Å². The van der Waals surface area contributed by atoms with Crippen LogP contribution in [0.4, 0.5) is 5.82 Å². The lowest BCUT2D eigenvalue weighted by Crippen LogP contribution is -2.18. The molecule has 3 aromatic heterocycles. The third-order valence-electron chi connectivity index (χ3n) is 3.86. The van der Waals surface area contributed by atoms with Crippen molar-refractivity contribution in [3.63, 3.8) is 0 Å². The normalized spacial score (nSPS) is 11.1. The van der Waals surface area contributed by atoms with Crippen molar-refractivity contribution >= 4 is 23.0 Å². The number of nitrogens with zero attached hydrogens (tertiary/aromatic N) is 5. The molecule has 0 aliphatic rings. The zero-order chi connectivity index (χ0) is 18.3. The van der Waals surface area contributed by atoms with Crippen molar-refractivity contribution in [3.05, 3.63) is 64.3 Å². The molecule has 130 valence electrons. The maximum Gasteiger partial charge on any atom is 0.335 e. The van der Waals surface area contributed by atoms with Crippen LogP contribution in [0.3, 0.4) is 0 Å². The molecule has 26 heavy (non-hydrogen) atoms. The molecule has 4 rings (SSSR count). The number of nitrogen functional groups attached to an aromatic ring is 1. The van der Waals surface area contributed by atoms with Gasteiger partial charge in [0.05, 0.1) is 12.1 Å². The first-order valence-electron chi connectivity index (χ1n) is 7.61. The summed E-state index contributed by atoms with van der Waals surface area (Å²) in [5, 5.41) is 13.2. The Labute approximate surface area is 145 Å². The Hall–Kier alpha value is -3.95. The molecule has 0 radical (unpaired) electrons. The number of aromatic carboxylic acids is 1. The van der Waals surface area contributed by atoms with Crippen LogP contribution < -0.4 is 11.4 Å². The second-order valence-corrected chi connectivity index (χ2v) is 5.58. The van der Waals surface area contributed by atoms with Gasteiger partial charge in [-0.3, -0.25) is 4.57 Å². The summed E-state index contributed by atoms with van der Waals surface area (Å²) in [6, 6.07) is 8.06. The van der Waals surface area contributed by atoms with E-state index in [0.717, 1.165) is 0 Å². The van der Waals surface area contributed by atoms with Crippen LogP contribution in [-0.4, -0.2) is 40.4 Å². The number of carboxylic acid groups (broad SMARTS) is 1. The number of H-pyrrole nitrogens is 1. The van der Waals surface area contributed by atoms with Gasteiger partial charge in [-0.1, -0.05) is 12.1 Å². The highest BCUT2D eigenvalue weighted by molar-refractivity contribution is 5.87. The lowest BCUT2D eigenvalue weighted by molar-refractivity contribution is 0.0696. The molecule has 0 aliphatic carbocycles. The molecule has 0 amide bonds. The van der Waals surface area contributed by atoms with Crippen molar-refractivity contribution in [2.24, 2.45) is 0 Å². The summed E-state index contributed by atoms with van der Waals surface area (Å²) in [4.78, 5) is 34.7. The first kappa shape index (κ1) is 15.6. The molecule has 0 unspecified atom stereocenters. The Balaban J connectivity index is 1.84. The predicted octanol–water partition coefficient (Wildman–Crippen LogP) is 0.634. The number of benzene rings is 1. The van der Waals surface area contributed by atoms with Crippen LogP contribution in [0.5, 0.6) is 0 Å². The number of hydrogen-bond donors (Lipinski definition) is 3. The Morgan fingerprint density at radius 2 is 2.12 bits per heavy atom. The first-order valence-corrected chi connectivity index (χ1v) is 7.61. The Morgan fingerprint density at radius 3 is 2.85 bits per heavy atom. The number of rotatable bonds is 4. The molecule has 0 bridgehead atoms. The molecular formula is C16H13N7O3. The van der Waals surface area contributed by atoms with Crippen LogP contribution in [0, 0.1) is 0 Å². The molecule has 0 aliphatic heterocycles. The number of carbonyl (C=O) groups is 1. The van der Waals surface area contributed by atoms with Crippen LogP contribution in [0.25, 0.3) is 17.1 Å². The number of carboxylic acids is 1. The molecule has 0 fully saturated rings. The zero-order valence-corrected chi connectivity index (χ0v) is 13.3. The minimum Gasteiger partial charge on any atom is -0.478 e. The summed E-state index contributed by atoms with van der Waals surface area (Å²) < 4.78 is 2.81. The standard InChI is InChI=1S/C16H13N7O3/c17-12-11-13(21-15(20-12)23-6-2-5-18-23)22(16(26)19-11)8-9-3-1-4-10(7-9)14(24)25/h1-7H,8H2,(H,19,26)(H,24,25)(H2,17,20,21). The Kier molecular flexibility index (Phi) is 3.50. The summed E-state index contributed by atoms with van der Waals surface area (Å²) in [7, 11) is 0. The van der Waals surface area contributed by atoms with Gasteiger partial charge in [-0.2, -0.15) is 15.1 Å². The van der Waals surface area contributed by atoms with Crippen molar-refractivity contribution in [3.8, 4) is 5.95 Å². The maximum atomic E-state index is 12.4. The highest BCUT2D eigenvalue weighted by Gasteiger charge is 2.15. The van der Waals surface area contributed by atoms with Gasteiger partial charge in [0, 0.05) is 12.4 Å². The van der Waals surface area contributed by atoms with Crippen molar-refractivity contribution in [1.82, 2.24) is 29.3 Å². The highest BCUT2D eigenvalue weighted by atomic mass is 16.4. The van der Waals surface area contributed by atoms with Crippen molar-refractivity contribution < 1.29 is 9.90 Å². The Bertz CT molecular complexity index is 1170. The zero-order valence-electron chi connectivity index (χ0n) is 13.3. The average molecular weight is 351 g/mol. The van der Waals surface area contributed by atoms with Crippen LogP contribution in [-0.2, 0) is 6.54 Å². The number of imidazole rings is 1. The number of fused-ring (bicyclic) bond motifs is 1. The predicted molar refractivity (Wildman–Crippen MR) is 92.2 cm³/mol. The van der Waals surface area contributed by atoms with Crippen LogP contribution in [0.2, 0.25) is 0 Å². The number of aromatic amines is 1. The van der Waals surface area contributed by atoms with Gasteiger partial charge in [-0.15, -0.1) is 0 Å². The van der Waals surface area contributed by atoms with Gasteiger partial charge in [-0.05, 0) is 23.8 Å². The lowest BCUT2D eigenvalue weighted by atomic mass is 10.1. The summed E-state index contributed by atoms with van der Waals surface area (Å²) in [5.74, 6) is -0.687. The number of anilines is 1. The smallest absolute Gasteiger partial charge is 0.335 e. The molecule has 0 atom stereocenters. The van der Waals surface area contributed by atoms with Gasteiger partial charge in [0.25, 0.3) is 5.95 Å². The van der Waals surface area contributed by atoms with E-state index in [1.54, 1.807) is 30.6 Å². The molecule has 10 heteroatoms. The number of nitrogens with two attached hydrogens (primary N) is 1. The van der Waals surface area contributed by atoms with Crippen molar-refractivity contribution in [2.75, 3.05) is 5.73 Å². The number of hydrogen-bond acceptors (Lipinski definition) is 6. The molecule has 0 saturated heterocycles. The third-order valence-corrected chi connectivity index (χ3v) is 3.86. The van der Waals surface area contributed by atoms with Gasteiger partial charge >= 0.3 is 11.7 Å².